The van der Waals surface area contributed by atoms with E-state index in [-0.39, 0.29) is 83.4 Å². The molecule has 0 aliphatic carbocycles. The first-order valence-corrected chi connectivity index (χ1v) is 15.9. The molecule has 3 saturated heterocycles. The molecule has 8 nitrogen and oxygen atoms in total. The number of piperazine rings is 1. The molecule has 3 aromatic rings. The van der Waals surface area contributed by atoms with Crippen LogP contribution in [0.1, 0.15) is 55.7 Å². The van der Waals surface area contributed by atoms with Crippen LogP contribution in [0, 0.1) is 18.6 Å². The fraction of sp³-hybridized carbons (Fsp3) is 0.485. The third-order valence-electron chi connectivity index (χ3n) is 10.3. The van der Waals surface area contributed by atoms with Gasteiger partial charge >= 0.3 is 12.2 Å². The predicted octanol–water partition coefficient (Wildman–Crippen LogP) is 6.62. The van der Waals surface area contributed by atoms with E-state index in [1.54, 1.807) is 0 Å². The third-order valence-corrected chi connectivity index (χ3v) is 10.3. The lowest BCUT2D eigenvalue weighted by atomic mass is 9.90. The molecule has 7 rings (SSSR count). The van der Waals surface area contributed by atoms with Gasteiger partial charge in [-0.05, 0) is 62.8 Å². The van der Waals surface area contributed by atoms with Gasteiger partial charge in [0.25, 0.3) is 6.08 Å². The summed E-state index contributed by atoms with van der Waals surface area (Å²) in [6.45, 7) is 8.79. The molecule has 4 aliphatic rings. The molecular weight excluding hydrogens is 643 g/mol. The standard InChI is InChI=1S/C33H34F7N7O/c1-4-18-19-10-15(2)21-22-28(26(35)23(25(21)34)27-24(33(38,39)40)16(3)11-20(41)43-27)44-31(45-30(22)47(19)9-7-42-18)48-14-32-6-5-8-46(32)13-17(12-32)29(36)37/h11,18-19,42H,2,4-10,12-14H2,1,3H3,(H2,41,43)/t18-,19+,32-/m0/s1. The Kier molecular flexibility index (Phi) is 7.85. The summed E-state index contributed by atoms with van der Waals surface area (Å²) in [7, 11) is 0. The molecule has 48 heavy (non-hydrogen) atoms. The van der Waals surface area contributed by atoms with Crippen molar-refractivity contribution in [2.24, 2.45) is 0 Å². The number of aryl methyl sites for hydroxylation is 1. The zero-order chi connectivity index (χ0) is 34.3. The monoisotopic (exact) mass is 677 g/mol. The maximum absolute atomic E-state index is 16.9. The number of pyridine rings is 1. The lowest BCUT2D eigenvalue weighted by Crippen LogP contribution is -2.57. The summed E-state index contributed by atoms with van der Waals surface area (Å²) >= 11 is 0. The van der Waals surface area contributed by atoms with Crippen LogP contribution in [-0.2, 0) is 6.18 Å². The van der Waals surface area contributed by atoms with E-state index >= 15 is 8.78 Å². The SMILES string of the molecule is C=C1C[C@@H]2[C@H](CC)NCCN2c2nc(OC[C@@]34CCCN3CC(=C(F)F)C4)nc3c(F)c(-c4nc(N)cc(C)c4C(F)(F)F)c(F)c1c23. The van der Waals surface area contributed by atoms with E-state index in [0.717, 1.165) is 19.4 Å². The molecule has 15 heteroatoms. The number of nitrogens with one attached hydrogen (secondary N) is 1. The molecule has 4 aliphatic heterocycles. The van der Waals surface area contributed by atoms with E-state index in [1.807, 2.05) is 16.7 Å². The average molecular weight is 678 g/mol. The fourth-order valence-electron chi connectivity index (χ4n) is 8.16. The molecule has 3 fully saturated rings. The van der Waals surface area contributed by atoms with Crippen molar-refractivity contribution in [2.75, 3.05) is 43.4 Å². The Morgan fingerprint density at radius 2 is 1.92 bits per heavy atom. The molecule has 0 radical (unpaired) electrons. The second-order valence-electron chi connectivity index (χ2n) is 13.1. The predicted molar refractivity (Wildman–Crippen MR) is 167 cm³/mol. The Morgan fingerprint density at radius 1 is 1.15 bits per heavy atom. The van der Waals surface area contributed by atoms with Gasteiger partial charge in [-0.15, -0.1) is 0 Å². The van der Waals surface area contributed by atoms with Gasteiger partial charge in [-0.2, -0.15) is 31.9 Å². The van der Waals surface area contributed by atoms with E-state index in [1.165, 1.54) is 0 Å². The summed E-state index contributed by atoms with van der Waals surface area (Å²) < 4.78 is 110. The Morgan fingerprint density at radius 3 is 2.62 bits per heavy atom. The topological polar surface area (TPSA) is 92.4 Å². The molecule has 256 valence electrons. The summed E-state index contributed by atoms with van der Waals surface area (Å²) in [6, 6.07) is 0.290. The van der Waals surface area contributed by atoms with Crippen molar-refractivity contribution in [1.29, 1.82) is 0 Å². The number of alkyl halides is 3. The molecule has 2 aromatic heterocycles. The molecule has 3 N–H and O–H groups in total. The lowest BCUT2D eigenvalue weighted by molar-refractivity contribution is -0.137. The van der Waals surface area contributed by atoms with Crippen molar-refractivity contribution in [3.63, 3.8) is 0 Å². The van der Waals surface area contributed by atoms with Crippen LogP contribution in [0.4, 0.5) is 42.4 Å². The van der Waals surface area contributed by atoms with E-state index in [2.05, 4.69) is 26.8 Å². The van der Waals surface area contributed by atoms with Crippen LogP contribution in [0.2, 0.25) is 0 Å². The highest BCUT2D eigenvalue weighted by molar-refractivity contribution is 6.03. The van der Waals surface area contributed by atoms with Crippen LogP contribution in [-0.4, -0.2) is 70.3 Å². The van der Waals surface area contributed by atoms with Crippen molar-refractivity contribution >= 4 is 28.1 Å². The first kappa shape index (κ1) is 32.6. The van der Waals surface area contributed by atoms with Crippen molar-refractivity contribution < 1.29 is 35.5 Å². The van der Waals surface area contributed by atoms with Crippen LogP contribution >= 0.6 is 0 Å². The summed E-state index contributed by atoms with van der Waals surface area (Å²) in [5.41, 5.74) is 0.957. The molecule has 0 spiro atoms. The molecule has 0 amide bonds. The zero-order valence-corrected chi connectivity index (χ0v) is 26.4. The molecule has 0 bridgehead atoms. The second kappa shape index (κ2) is 11.6. The fourth-order valence-corrected chi connectivity index (χ4v) is 8.16. The summed E-state index contributed by atoms with van der Waals surface area (Å²) in [6.07, 6.45) is -4.43. The number of rotatable bonds is 5. The smallest absolute Gasteiger partial charge is 0.418 e. The van der Waals surface area contributed by atoms with Gasteiger partial charge in [0.2, 0.25) is 0 Å². The minimum Gasteiger partial charge on any atom is -0.461 e. The van der Waals surface area contributed by atoms with E-state index in [9.17, 15) is 22.0 Å². The number of halogens is 7. The maximum Gasteiger partial charge on any atom is 0.418 e. The van der Waals surface area contributed by atoms with Gasteiger partial charge in [0, 0.05) is 42.9 Å². The van der Waals surface area contributed by atoms with Crippen molar-refractivity contribution in [2.45, 2.75) is 69.8 Å². The highest BCUT2D eigenvalue weighted by Gasteiger charge is 2.49. The minimum absolute atomic E-state index is 0.0262. The van der Waals surface area contributed by atoms with E-state index in [4.69, 9.17) is 10.5 Å². The van der Waals surface area contributed by atoms with Crippen LogP contribution < -0.4 is 20.7 Å². The van der Waals surface area contributed by atoms with Gasteiger partial charge < -0.3 is 20.7 Å². The number of nitrogens with two attached hydrogens (primary N) is 1. The first-order chi connectivity index (χ1) is 22.7. The quantitative estimate of drug-likeness (QED) is 0.292. The van der Waals surface area contributed by atoms with Crippen LogP contribution in [0.25, 0.3) is 27.7 Å². The van der Waals surface area contributed by atoms with Crippen molar-refractivity contribution in [3.05, 3.63) is 52.6 Å². The second-order valence-corrected chi connectivity index (χ2v) is 13.1. The number of benzene rings is 1. The number of hydrogen-bond donors (Lipinski definition) is 2. The van der Waals surface area contributed by atoms with Gasteiger partial charge in [0.05, 0.1) is 27.7 Å². The molecule has 0 saturated carbocycles. The number of nitrogens with zero attached hydrogens (tertiary/aromatic N) is 5. The average Bonchev–Trinajstić information content (AvgIpc) is 3.53. The van der Waals surface area contributed by atoms with E-state index < -0.39 is 51.8 Å². The third kappa shape index (κ3) is 5.08. The Bertz CT molecular complexity index is 1880. The number of fused-ring (bicyclic) bond motifs is 3. The van der Waals surface area contributed by atoms with Gasteiger partial charge in [-0.1, -0.05) is 13.5 Å². The number of ether oxygens (including phenoxy) is 1. The molecule has 3 atom stereocenters. The zero-order valence-electron chi connectivity index (χ0n) is 26.4. The van der Waals surface area contributed by atoms with Crippen molar-refractivity contribution in [1.82, 2.24) is 25.2 Å². The Balaban J connectivity index is 1.46. The number of hydrogen-bond acceptors (Lipinski definition) is 8. The van der Waals surface area contributed by atoms with E-state index in [0.29, 0.717) is 32.5 Å². The summed E-state index contributed by atoms with van der Waals surface area (Å²) in [5, 5.41) is 3.41. The van der Waals surface area contributed by atoms with Gasteiger partial charge in [0.15, 0.2) is 5.82 Å². The van der Waals surface area contributed by atoms with Crippen LogP contribution in [0.3, 0.4) is 0 Å². The molecular formula is C33H34F7N7O. The molecule has 0 unspecified atom stereocenters. The first-order valence-electron chi connectivity index (χ1n) is 15.9. The van der Waals surface area contributed by atoms with Gasteiger partial charge in [-0.3, -0.25) is 4.90 Å². The minimum atomic E-state index is -5.02. The maximum atomic E-state index is 16.9. The number of aromatic nitrogens is 3. The number of nitrogen functional groups attached to an aromatic ring is 1. The number of anilines is 2. The van der Waals surface area contributed by atoms with Crippen molar-refractivity contribution in [3.8, 4) is 17.3 Å². The summed E-state index contributed by atoms with van der Waals surface area (Å²) in [5.74, 6) is -2.85. The Hall–Kier alpha value is -3.98. The highest BCUT2D eigenvalue weighted by atomic mass is 19.4. The highest BCUT2D eigenvalue weighted by Crippen LogP contribution is 2.49. The Labute approximate surface area is 271 Å². The van der Waals surface area contributed by atoms with Crippen LogP contribution in [0.5, 0.6) is 6.01 Å². The molecule has 6 heterocycles. The lowest BCUT2D eigenvalue weighted by Gasteiger charge is -2.42. The molecule has 1 aromatic carbocycles. The van der Waals surface area contributed by atoms with Gasteiger partial charge in [0.1, 0.15) is 29.6 Å². The van der Waals surface area contributed by atoms with Crippen LogP contribution in [0.15, 0.2) is 24.3 Å². The van der Waals surface area contributed by atoms with Gasteiger partial charge in [-0.25, -0.2) is 13.8 Å². The summed E-state index contributed by atoms with van der Waals surface area (Å²) in [4.78, 5) is 16.7. The largest absolute Gasteiger partial charge is 0.461 e. The normalized spacial score (nSPS) is 24.2.